The SMILES string of the molecule is [C-]#[N+]c1ccc(C(=O)N[C@@H](C)Cn2cc(C)cn2)cc1C. The van der Waals surface area contributed by atoms with Gasteiger partial charge in [-0.15, -0.1) is 0 Å². The Labute approximate surface area is 124 Å². The number of aryl methyl sites for hydroxylation is 2. The van der Waals surface area contributed by atoms with Gasteiger partial charge in [-0.3, -0.25) is 9.48 Å². The highest BCUT2D eigenvalue weighted by atomic mass is 16.1. The summed E-state index contributed by atoms with van der Waals surface area (Å²) in [6, 6.07) is 5.07. The molecule has 5 heteroatoms. The third-order valence-electron chi connectivity index (χ3n) is 3.18. The number of benzene rings is 1. The third-order valence-corrected chi connectivity index (χ3v) is 3.18. The van der Waals surface area contributed by atoms with Crippen LogP contribution in [-0.2, 0) is 6.54 Å². The minimum atomic E-state index is -0.133. The number of hydrogen-bond acceptors (Lipinski definition) is 2. The monoisotopic (exact) mass is 282 g/mol. The van der Waals surface area contributed by atoms with Crippen LogP contribution in [0.15, 0.2) is 30.6 Å². The van der Waals surface area contributed by atoms with Gasteiger partial charge in [0, 0.05) is 17.8 Å². The highest BCUT2D eigenvalue weighted by Crippen LogP contribution is 2.19. The molecule has 0 spiro atoms. The first kappa shape index (κ1) is 14.8. The van der Waals surface area contributed by atoms with Crippen molar-refractivity contribution in [1.29, 1.82) is 0 Å². The van der Waals surface area contributed by atoms with Gasteiger partial charge in [-0.2, -0.15) is 5.10 Å². The molecule has 108 valence electrons. The van der Waals surface area contributed by atoms with Gasteiger partial charge in [0.2, 0.25) is 0 Å². The molecular weight excluding hydrogens is 264 g/mol. The van der Waals surface area contributed by atoms with E-state index in [4.69, 9.17) is 6.57 Å². The summed E-state index contributed by atoms with van der Waals surface area (Å²) >= 11 is 0. The van der Waals surface area contributed by atoms with Crippen LogP contribution >= 0.6 is 0 Å². The van der Waals surface area contributed by atoms with Crippen LogP contribution in [0.3, 0.4) is 0 Å². The zero-order valence-corrected chi connectivity index (χ0v) is 12.4. The van der Waals surface area contributed by atoms with Gasteiger partial charge in [0.25, 0.3) is 5.91 Å². The first-order chi connectivity index (χ1) is 9.99. The van der Waals surface area contributed by atoms with Gasteiger partial charge >= 0.3 is 0 Å². The Morgan fingerprint density at radius 3 is 2.81 bits per heavy atom. The fourth-order valence-electron chi connectivity index (χ4n) is 2.12. The molecule has 21 heavy (non-hydrogen) atoms. The lowest BCUT2D eigenvalue weighted by Gasteiger charge is -2.14. The summed E-state index contributed by atoms with van der Waals surface area (Å²) in [6.45, 7) is 13.4. The van der Waals surface area contributed by atoms with Crippen LogP contribution in [0.2, 0.25) is 0 Å². The molecule has 0 saturated heterocycles. The van der Waals surface area contributed by atoms with E-state index in [0.717, 1.165) is 11.1 Å². The third kappa shape index (κ3) is 3.69. The molecule has 0 fully saturated rings. The second-order valence-corrected chi connectivity index (χ2v) is 5.23. The first-order valence-corrected chi connectivity index (χ1v) is 6.77. The molecule has 0 bridgehead atoms. The van der Waals surface area contributed by atoms with Crippen molar-refractivity contribution in [3.8, 4) is 0 Å². The molecule has 1 aromatic heterocycles. The van der Waals surface area contributed by atoms with Crippen molar-refractivity contribution in [1.82, 2.24) is 15.1 Å². The summed E-state index contributed by atoms with van der Waals surface area (Å²) in [5.74, 6) is -0.133. The molecule has 1 amide bonds. The second kappa shape index (κ2) is 6.23. The van der Waals surface area contributed by atoms with Crippen molar-refractivity contribution in [2.45, 2.75) is 33.4 Å². The second-order valence-electron chi connectivity index (χ2n) is 5.23. The molecule has 0 aliphatic rings. The van der Waals surface area contributed by atoms with E-state index in [0.29, 0.717) is 17.8 Å². The highest BCUT2D eigenvalue weighted by Gasteiger charge is 2.11. The van der Waals surface area contributed by atoms with Crippen LogP contribution in [0.5, 0.6) is 0 Å². The molecule has 5 nitrogen and oxygen atoms in total. The average molecular weight is 282 g/mol. The molecule has 0 radical (unpaired) electrons. The zero-order chi connectivity index (χ0) is 15.4. The Hall–Kier alpha value is -2.61. The van der Waals surface area contributed by atoms with E-state index in [1.54, 1.807) is 24.4 Å². The quantitative estimate of drug-likeness (QED) is 0.877. The molecule has 2 rings (SSSR count). The summed E-state index contributed by atoms with van der Waals surface area (Å²) in [4.78, 5) is 15.6. The fourth-order valence-corrected chi connectivity index (χ4v) is 2.12. The van der Waals surface area contributed by atoms with Crippen LogP contribution in [-0.4, -0.2) is 21.7 Å². The molecule has 1 N–H and O–H groups in total. The highest BCUT2D eigenvalue weighted by molar-refractivity contribution is 5.95. The van der Waals surface area contributed by atoms with Crippen LogP contribution in [0.25, 0.3) is 4.85 Å². The molecular formula is C16H18N4O. The van der Waals surface area contributed by atoms with E-state index in [9.17, 15) is 4.79 Å². The maximum absolute atomic E-state index is 12.2. The normalized spacial score (nSPS) is 11.7. The van der Waals surface area contributed by atoms with Crippen molar-refractivity contribution < 1.29 is 4.79 Å². The van der Waals surface area contributed by atoms with Gasteiger partial charge in [0.1, 0.15) is 0 Å². The number of hydrogen-bond donors (Lipinski definition) is 1. The zero-order valence-electron chi connectivity index (χ0n) is 12.4. The fraction of sp³-hybridized carbons (Fsp3) is 0.312. The number of rotatable bonds is 4. The number of amides is 1. The van der Waals surface area contributed by atoms with Crippen molar-refractivity contribution >= 4 is 11.6 Å². The number of carbonyl (C=O) groups is 1. The van der Waals surface area contributed by atoms with Crippen LogP contribution < -0.4 is 5.32 Å². The van der Waals surface area contributed by atoms with Gasteiger partial charge in [-0.25, -0.2) is 4.85 Å². The summed E-state index contributed by atoms with van der Waals surface area (Å²) in [6.07, 6.45) is 3.73. The van der Waals surface area contributed by atoms with Gasteiger partial charge in [0.05, 0.1) is 19.3 Å². The number of carbonyl (C=O) groups excluding carboxylic acids is 1. The maximum Gasteiger partial charge on any atom is 0.251 e. The Morgan fingerprint density at radius 1 is 1.48 bits per heavy atom. The lowest BCUT2D eigenvalue weighted by Crippen LogP contribution is -2.35. The standard InChI is InChI=1S/C16H18N4O/c1-11-8-18-20(9-11)10-13(3)19-16(21)14-5-6-15(17-4)12(2)7-14/h5-9,13H,10H2,1-3H3,(H,19,21)/t13-/m0/s1. The van der Waals surface area contributed by atoms with E-state index in [2.05, 4.69) is 15.3 Å². The molecule has 0 aliphatic heterocycles. The number of nitrogens with zero attached hydrogens (tertiary/aromatic N) is 3. The van der Waals surface area contributed by atoms with Gasteiger partial charge < -0.3 is 5.32 Å². The largest absolute Gasteiger partial charge is 0.348 e. The van der Waals surface area contributed by atoms with Crippen LogP contribution in [0, 0.1) is 20.4 Å². The Bertz CT molecular complexity index is 697. The molecule has 0 saturated carbocycles. The number of aromatic nitrogens is 2. The van der Waals surface area contributed by atoms with Gasteiger partial charge in [0.15, 0.2) is 5.69 Å². The van der Waals surface area contributed by atoms with E-state index < -0.39 is 0 Å². The summed E-state index contributed by atoms with van der Waals surface area (Å²) in [5, 5.41) is 7.15. The molecule has 1 heterocycles. The van der Waals surface area contributed by atoms with Crippen molar-refractivity contribution in [3.63, 3.8) is 0 Å². The van der Waals surface area contributed by atoms with Crippen LogP contribution in [0.4, 0.5) is 5.69 Å². The van der Waals surface area contributed by atoms with E-state index in [1.807, 2.05) is 31.6 Å². The van der Waals surface area contributed by atoms with Crippen molar-refractivity contribution in [3.05, 3.63) is 58.7 Å². The van der Waals surface area contributed by atoms with E-state index in [-0.39, 0.29) is 11.9 Å². The minimum absolute atomic E-state index is 0.0300. The minimum Gasteiger partial charge on any atom is -0.348 e. The smallest absolute Gasteiger partial charge is 0.251 e. The van der Waals surface area contributed by atoms with E-state index >= 15 is 0 Å². The van der Waals surface area contributed by atoms with Gasteiger partial charge in [-0.1, -0.05) is 18.2 Å². The molecule has 1 atom stereocenters. The van der Waals surface area contributed by atoms with Crippen molar-refractivity contribution in [2.75, 3.05) is 0 Å². The molecule has 1 aromatic carbocycles. The molecule has 2 aromatic rings. The topological polar surface area (TPSA) is 51.3 Å². The Kier molecular flexibility index (Phi) is 4.39. The van der Waals surface area contributed by atoms with Gasteiger partial charge in [-0.05, 0) is 31.9 Å². The van der Waals surface area contributed by atoms with E-state index in [1.165, 1.54) is 0 Å². The first-order valence-electron chi connectivity index (χ1n) is 6.77. The predicted molar refractivity (Wildman–Crippen MR) is 81.3 cm³/mol. The Morgan fingerprint density at radius 2 is 2.24 bits per heavy atom. The lowest BCUT2D eigenvalue weighted by molar-refractivity contribution is 0.0936. The Balaban J connectivity index is 2.00. The van der Waals surface area contributed by atoms with Crippen LogP contribution in [0.1, 0.15) is 28.4 Å². The maximum atomic E-state index is 12.2. The predicted octanol–water partition coefficient (Wildman–Crippen LogP) is 2.87. The summed E-state index contributed by atoms with van der Waals surface area (Å²) in [7, 11) is 0. The van der Waals surface area contributed by atoms with Crippen molar-refractivity contribution in [2.24, 2.45) is 0 Å². The summed E-state index contributed by atoms with van der Waals surface area (Å²) in [5.41, 5.74) is 3.06. The lowest BCUT2D eigenvalue weighted by atomic mass is 10.1. The average Bonchev–Trinajstić information content (AvgIpc) is 2.83. The molecule has 0 unspecified atom stereocenters. The number of nitrogens with one attached hydrogen (secondary N) is 1. The summed E-state index contributed by atoms with van der Waals surface area (Å²) < 4.78 is 1.81. The molecule has 0 aliphatic carbocycles.